The molecule has 0 radical (unpaired) electrons. The first-order chi connectivity index (χ1) is 8.31. The van der Waals surface area contributed by atoms with E-state index >= 15 is 0 Å². The van der Waals surface area contributed by atoms with E-state index in [0.29, 0.717) is 24.1 Å². The van der Waals surface area contributed by atoms with Gasteiger partial charge in [0.1, 0.15) is 18.2 Å². The Morgan fingerprint density at radius 2 is 2.47 bits per heavy atom. The first kappa shape index (κ1) is 11.9. The second-order valence-corrected chi connectivity index (χ2v) is 4.41. The molecular weight excluding hydrogens is 214 g/mol. The summed E-state index contributed by atoms with van der Waals surface area (Å²) in [5.74, 6) is 0.453. The number of piperidine rings is 1. The van der Waals surface area contributed by atoms with E-state index < -0.39 is 0 Å². The molecule has 4 nitrogen and oxygen atoms in total. The molecule has 0 aromatic carbocycles. The minimum absolute atomic E-state index is 0.442. The third kappa shape index (κ3) is 2.95. The Hall–Kier alpha value is -1.60. The average Bonchev–Trinajstić information content (AvgIpc) is 2.38. The molecular formula is C13H17N3O. The maximum atomic E-state index is 8.93. The zero-order chi connectivity index (χ0) is 12.1. The van der Waals surface area contributed by atoms with Crippen LogP contribution in [0.1, 0.15) is 24.8 Å². The number of hydrogen-bond acceptors (Lipinski definition) is 4. The normalized spacial score (nSPS) is 20.8. The fourth-order valence-corrected chi connectivity index (χ4v) is 2.12. The topological polar surface area (TPSA) is 49.1 Å². The van der Waals surface area contributed by atoms with Gasteiger partial charge in [-0.3, -0.25) is 0 Å². The number of aromatic nitrogens is 1. The predicted octanol–water partition coefficient (Wildman–Crippen LogP) is 1.82. The largest absolute Gasteiger partial charge is 0.475 e. The number of likely N-dealkylation sites (tertiary alicyclic amines) is 1. The summed E-state index contributed by atoms with van der Waals surface area (Å²) >= 11 is 0. The minimum atomic E-state index is 0.442. The lowest BCUT2D eigenvalue weighted by molar-refractivity contribution is 0.122. The van der Waals surface area contributed by atoms with Gasteiger partial charge in [0.2, 0.25) is 5.88 Å². The van der Waals surface area contributed by atoms with Crippen LogP contribution in [0.2, 0.25) is 0 Å². The first-order valence-electron chi connectivity index (χ1n) is 5.99. The van der Waals surface area contributed by atoms with E-state index in [1.165, 1.54) is 12.8 Å². The molecule has 1 aromatic rings. The minimum Gasteiger partial charge on any atom is -0.475 e. The SMILES string of the molecule is CN1CCCCC1COc1ncccc1C#N. The van der Waals surface area contributed by atoms with Gasteiger partial charge < -0.3 is 9.64 Å². The van der Waals surface area contributed by atoms with E-state index in [2.05, 4.69) is 23.0 Å². The van der Waals surface area contributed by atoms with Crippen molar-refractivity contribution in [3.8, 4) is 11.9 Å². The van der Waals surface area contributed by atoms with Crippen LogP contribution in [0.4, 0.5) is 0 Å². The van der Waals surface area contributed by atoms with Crippen LogP contribution in [0.25, 0.3) is 0 Å². The van der Waals surface area contributed by atoms with Crippen molar-refractivity contribution in [2.45, 2.75) is 25.3 Å². The van der Waals surface area contributed by atoms with Gasteiger partial charge in [-0.2, -0.15) is 5.26 Å². The predicted molar refractivity (Wildman–Crippen MR) is 64.7 cm³/mol. The lowest BCUT2D eigenvalue weighted by Gasteiger charge is -2.31. The van der Waals surface area contributed by atoms with Crippen molar-refractivity contribution in [2.24, 2.45) is 0 Å². The molecule has 0 aliphatic carbocycles. The fourth-order valence-electron chi connectivity index (χ4n) is 2.12. The summed E-state index contributed by atoms with van der Waals surface area (Å²) in [4.78, 5) is 6.41. The van der Waals surface area contributed by atoms with Crippen molar-refractivity contribution in [3.05, 3.63) is 23.9 Å². The molecule has 4 heteroatoms. The van der Waals surface area contributed by atoms with Crippen LogP contribution in [0, 0.1) is 11.3 Å². The Bertz CT molecular complexity index is 413. The summed E-state index contributed by atoms with van der Waals surface area (Å²) in [6.07, 6.45) is 5.33. The molecule has 0 saturated carbocycles. The van der Waals surface area contributed by atoms with Crippen molar-refractivity contribution < 1.29 is 4.74 Å². The van der Waals surface area contributed by atoms with E-state index in [1.807, 2.05) is 0 Å². The fraction of sp³-hybridized carbons (Fsp3) is 0.538. The standard InChI is InChI=1S/C13H17N3O/c1-16-8-3-2-6-12(16)10-17-13-11(9-14)5-4-7-15-13/h4-5,7,12H,2-3,6,8,10H2,1H3. The molecule has 1 fully saturated rings. The second-order valence-electron chi connectivity index (χ2n) is 4.41. The van der Waals surface area contributed by atoms with Gasteiger partial charge in [0, 0.05) is 12.2 Å². The molecule has 0 spiro atoms. The summed E-state index contributed by atoms with van der Waals surface area (Å²) in [7, 11) is 2.12. The zero-order valence-electron chi connectivity index (χ0n) is 10.1. The average molecular weight is 231 g/mol. The lowest BCUT2D eigenvalue weighted by atomic mass is 10.0. The summed E-state index contributed by atoms with van der Waals surface area (Å²) in [6.45, 7) is 1.74. The number of rotatable bonds is 3. The Balaban J connectivity index is 1.95. The molecule has 0 bridgehead atoms. The van der Waals surface area contributed by atoms with Crippen LogP contribution in [0.15, 0.2) is 18.3 Å². The molecule has 0 amide bonds. The monoisotopic (exact) mass is 231 g/mol. The Labute approximate surface area is 102 Å². The first-order valence-corrected chi connectivity index (χ1v) is 5.99. The van der Waals surface area contributed by atoms with Crippen molar-refractivity contribution >= 4 is 0 Å². The third-order valence-electron chi connectivity index (χ3n) is 3.23. The number of pyridine rings is 1. The van der Waals surface area contributed by atoms with E-state index in [0.717, 1.165) is 13.0 Å². The third-order valence-corrected chi connectivity index (χ3v) is 3.23. The van der Waals surface area contributed by atoms with E-state index in [1.54, 1.807) is 18.3 Å². The summed E-state index contributed by atoms with van der Waals surface area (Å²) in [5, 5.41) is 8.93. The number of nitrogens with zero attached hydrogens (tertiary/aromatic N) is 3. The van der Waals surface area contributed by atoms with E-state index in [4.69, 9.17) is 10.00 Å². The smallest absolute Gasteiger partial charge is 0.231 e. The van der Waals surface area contributed by atoms with Gasteiger partial charge in [0.05, 0.1) is 0 Å². The van der Waals surface area contributed by atoms with Gasteiger partial charge in [-0.05, 0) is 38.6 Å². The van der Waals surface area contributed by atoms with Crippen LogP contribution < -0.4 is 4.74 Å². The number of nitriles is 1. The summed E-state index contributed by atoms with van der Waals surface area (Å²) in [6, 6.07) is 6.01. The van der Waals surface area contributed by atoms with Crippen LogP contribution in [-0.4, -0.2) is 36.1 Å². The molecule has 1 aliphatic heterocycles. The molecule has 90 valence electrons. The highest BCUT2D eigenvalue weighted by Crippen LogP contribution is 2.18. The highest BCUT2D eigenvalue weighted by molar-refractivity contribution is 5.36. The summed E-state index contributed by atoms with van der Waals surface area (Å²) < 4.78 is 5.66. The highest BCUT2D eigenvalue weighted by atomic mass is 16.5. The maximum absolute atomic E-state index is 8.93. The Kier molecular flexibility index (Phi) is 3.94. The van der Waals surface area contributed by atoms with Gasteiger partial charge >= 0.3 is 0 Å². The Morgan fingerprint density at radius 3 is 3.24 bits per heavy atom. The van der Waals surface area contributed by atoms with Crippen LogP contribution in [-0.2, 0) is 0 Å². The van der Waals surface area contributed by atoms with Crippen molar-refractivity contribution in [2.75, 3.05) is 20.2 Å². The zero-order valence-corrected chi connectivity index (χ0v) is 10.1. The molecule has 17 heavy (non-hydrogen) atoms. The molecule has 0 N–H and O–H groups in total. The van der Waals surface area contributed by atoms with Gasteiger partial charge in [-0.15, -0.1) is 0 Å². The van der Waals surface area contributed by atoms with Gasteiger partial charge in [-0.1, -0.05) is 6.42 Å². The number of likely N-dealkylation sites (N-methyl/N-ethyl adjacent to an activating group) is 1. The molecule has 1 aromatic heterocycles. The molecule has 1 aliphatic rings. The number of ether oxygens (including phenoxy) is 1. The number of hydrogen-bond donors (Lipinski definition) is 0. The lowest BCUT2D eigenvalue weighted by Crippen LogP contribution is -2.40. The summed E-state index contributed by atoms with van der Waals surface area (Å²) in [5.41, 5.74) is 0.506. The van der Waals surface area contributed by atoms with Crippen molar-refractivity contribution in [1.29, 1.82) is 5.26 Å². The molecule has 2 rings (SSSR count). The van der Waals surface area contributed by atoms with Crippen LogP contribution >= 0.6 is 0 Å². The van der Waals surface area contributed by atoms with Crippen molar-refractivity contribution in [3.63, 3.8) is 0 Å². The molecule has 1 atom stereocenters. The quantitative estimate of drug-likeness (QED) is 0.796. The highest BCUT2D eigenvalue weighted by Gasteiger charge is 2.19. The molecule has 1 unspecified atom stereocenters. The van der Waals surface area contributed by atoms with Crippen molar-refractivity contribution in [1.82, 2.24) is 9.88 Å². The van der Waals surface area contributed by atoms with Gasteiger partial charge in [-0.25, -0.2) is 4.98 Å². The van der Waals surface area contributed by atoms with Gasteiger partial charge in [0.15, 0.2) is 0 Å². The van der Waals surface area contributed by atoms with E-state index in [9.17, 15) is 0 Å². The second kappa shape index (κ2) is 5.65. The van der Waals surface area contributed by atoms with Gasteiger partial charge in [0.25, 0.3) is 0 Å². The Morgan fingerprint density at radius 1 is 1.59 bits per heavy atom. The van der Waals surface area contributed by atoms with E-state index in [-0.39, 0.29) is 0 Å². The molecule has 1 saturated heterocycles. The molecule has 2 heterocycles. The van der Waals surface area contributed by atoms with Crippen LogP contribution in [0.5, 0.6) is 5.88 Å². The van der Waals surface area contributed by atoms with Crippen LogP contribution in [0.3, 0.4) is 0 Å². The maximum Gasteiger partial charge on any atom is 0.231 e.